The van der Waals surface area contributed by atoms with Crippen LogP contribution in [0.1, 0.15) is 23.2 Å². The second-order valence-electron chi connectivity index (χ2n) is 3.49. The van der Waals surface area contributed by atoms with Crippen molar-refractivity contribution in [3.05, 3.63) is 23.8 Å². The number of carbonyl (C=O) groups is 1. The summed E-state index contributed by atoms with van der Waals surface area (Å²) >= 11 is 0. The number of methoxy groups -OCH3 is 1. The normalized spacial score (nSPS) is 10.0. The number of nitrogen functional groups attached to an aromatic ring is 1. The summed E-state index contributed by atoms with van der Waals surface area (Å²) in [6.07, 6.45) is 1.24. The Morgan fingerprint density at radius 3 is 2.82 bits per heavy atom. The molecule has 94 valence electrons. The number of para-hydroxylation sites is 1. The Balaban J connectivity index is 2.62. The van der Waals surface area contributed by atoms with Gasteiger partial charge in [-0.15, -0.1) is 0 Å². The molecule has 0 atom stereocenters. The monoisotopic (exact) mass is 239 g/mol. The molecule has 0 unspecified atom stereocenters. The second-order valence-corrected chi connectivity index (χ2v) is 3.49. The average Bonchev–Trinajstić information content (AvgIpc) is 2.34. The fraction of sp³-hybridized carbons (Fsp3) is 0.417. The van der Waals surface area contributed by atoms with Crippen LogP contribution >= 0.6 is 0 Å². The highest BCUT2D eigenvalue weighted by Crippen LogP contribution is 2.25. The lowest BCUT2D eigenvalue weighted by molar-refractivity contribution is 0.0493. The number of aliphatic hydroxyl groups excluding tert-OH is 1. The summed E-state index contributed by atoms with van der Waals surface area (Å²) in [6.45, 7) is 0.370. The van der Waals surface area contributed by atoms with Gasteiger partial charge in [-0.2, -0.15) is 0 Å². The molecule has 0 saturated heterocycles. The summed E-state index contributed by atoms with van der Waals surface area (Å²) in [5.41, 5.74) is 6.34. The SMILES string of the molecule is COc1cccc(C(=O)OCCCCO)c1N. The number of ether oxygens (including phenoxy) is 2. The summed E-state index contributed by atoms with van der Waals surface area (Å²) in [6, 6.07) is 4.95. The molecule has 5 heteroatoms. The Morgan fingerprint density at radius 1 is 1.41 bits per heavy atom. The van der Waals surface area contributed by atoms with Gasteiger partial charge in [-0.1, -0.05) is 6.07 Å². The average molecular weight is 239 g/mol. The molecule has 0 fully saturated rings. The second kappa shape index (κ2) is 6.75. The Bertz CT molecular complexity index is 379. The number of nitrogens with two attached hydrogens (primary N) is 1. The summed E-state index contributed by atoms with van der Waals surface area (Å²) in [4.78, 5) is 11.7. The quantitative estimate of drug-likeness (QED) is 0.443. The van der Waals surface area contributed by atoms with E-state index in [0.717, 1.165) is 0 Å². The fourth-order valence-electron chi connectivity index (χ4n) is 1.36. The van der Waals surface area contributed by atoms with Crippen LogP contribution < -0.4 is 10.5 Å². The molecule has 0 saturated carbocycles. The lowest BCUT2D eigenvalue weighted by atomic mass is 10.1. The number of hydrogen-bond donors (Lipinski definition) is 2. The molecule has 0 aliphatic heterocycles. The van der Waals surface area contributed by atoms with Gasteiger partial charge in [0.05, 0.1) is 25.0 Å². The zero-order chi connectivity index (χ0) is 12.7. The summed E-state index contributed by atoms with van der Waals surface area (Å²) in [5.74, 6) is -0.0193. The van der Waals surface area contributed by atoms with Gasteiger partial charge in [-0.3, -0.25) is 0 Å². The predicted molar refractivity (Wildman–Crippen MR) is 64.0 cm³/mol. The van der Waals surface area contributed by atoms with Crippen LogP contribution in [0.5, 0.6) is 5.75 Å². The topological polar surface area (TPSA) is 81.8 Å². The van der Waals surface area contributed by atoms with E-state index in [1.54, 1.807) is 18.2 Å². The molecule has 5 nitrogen and oxygen atoms in total. The van der Waals surface area contributed by atoms with Crippen LogP contribution in [0.25, 0.3) is 0 Å². The highest BCUT2D eigenvalue weighted by molar-refractivity contribution is 5.96. The maximum Gasteiger partial charge on any atom is 0.340 e. The Hall–Kier alpha value is -1.75. The van der Waals surface area contributed by atoms with E-state index in [0.29, 0.717) is 24.2 Å². The Labute approximate surface area is 100 Å². The summed E-state index contributed by atoms with van der Waals surface area (Å²) in [7, 11) is 1.49. The van der Waals surface area contributed by atoms with Gasteiger partial charge in [0.1, 0.15) is 5.75 Å². The molecule has 0 radical (unpaired) electrons. The van der Waals surface area contributed by atoms with Gasteiger partial charge in [-0.25, -0.2) is 4.79 Å². The van der Waals surface area contributed by atoms with E-state index in [2.05, 4.69) is 0 Å². The van der Waals surface area contributed by atoms with E-state index in [1.807, 2.05) is 0 Å². The predicted octanol–water partition coefficient (Wildman–Crippen LogP) is 1.21. The first kappa shape index (κ1) is 13.3. The van der Waals surface area contributed by atoms with Crippen molar-refractivity contribution in [2.75, 3.05) is 26.1 Å². The molecule has 0 spiro atoms. The Kier molecular flexibility index (Phi) is 5.29. The van der Waals surface area contributed by atoms with Crippen molar-refractivity contribution in [1.82, 2.24) is 0 Å². The van der Waals surface area contributed by atoms with Crippen LogP contribution in [0, 0.1) is 0 Å². The molecule has 3 N–H and O–H groups in total. The van der Waals surface area contributed by atoms with Gasteiger partial charge in [0.2, 0.25) is 0 Å². The van der Waals surface area contributed by atoms with Gasteiger partial charge < -0.3 is 20.3 Å². The van der Waals surface area contributed by atoms with Crippen LogP contribution in [0.2, 0.25) is 0 Å². The van der Waals surface area contributed by atoms with Crippen molar-refractivity contribution in [1.29, 1.82) is 0 Å². The van der Waals surface area contributed by atoms with Crippen molar-refractivity contribution in [2.24, 2.45) is 0 Å². The smallest absolute Gasteiger partial charge is 0.340 e. The molecule has 1 rings (SSSR count). The fourth-order valence-corrected chi connectivity index (χ4v) is 1.36. The van der Waals surface area contributed by atoms with Crippen molar-refractivity contribution >= 4 is 11.7 Å². The standard InChI is InChI=1S/C12H17NO4/c1-16-10-6-4-5-9(11(10)13)12(15)17-8-3-2-7-14/h4-6,14H,2-3,7-8,13H2,1H3. The van der Waals surface area contributed by atoms with Gasteiger partial charge in [0, 0.05) is 6.61 Å². The number of carbonyl (C=O) groups excluding carboxylic acids is 1. The van der Waals surface area contributed by atoms with Gasteiger partial charge in [0.15, 0.2) is 0 Å². The maximum atomic E-state index is 11.7. The molecular weight excluding hydrogens is 222 g/mol. The molecular formula is C12H17NO4. The minimum atomic E-state index is -0.473. The first-order valence-electron chi connectivity index (χ1n) is 5.41. The summed E-state index contributed by atoms with van der Waals surface area (Å²) in [5, 5.41) is 8.58. The van der Waals surface area contributed by atoms with E-state index in [1.165, 1.54) is 7.11 Å². The molecule has 0 amide bonds. The molecule has 17 heavy (non-hydrogen) atoms. The van der Waals surface area contributed by atoms with Crippen LogP contribution in [0.4, 0.5) is 5.69 Å². The first-order chi connectivity index (χ1) is 8.20. The van der Waals surface area contributed by atoms with Crippen molar-refractivity contribution in [3.8, 4) is 5.75 Å². The number of rotatable bonds is 6. The van der Waals surface area contributed by atoms with Gasteiger partial charge in [-0.05, 0) is 25.0 Å². The Morgan fingerprint density at radius 2 is 2.18 bits per heavy atom. The van der Waals surface area contributed by atoms with E-state index in [9.17, 15) is 4.79 Å². The minimum Gasteiger partial charge on any atom is -0.495 e. The maximum absolute atomic E-state index is 11.7. The summed E-state index contributed by atoms with van der Waals surface area (Å²) < 4.78 is 10.0. The lowest BCUT2D eigenvalue weighted by Crippen LogP contribution is -2.10. The number of aliphatic hydroxyl groups is 1. The number of benzene rings is 1. The highest BCUT2D eigenvalue weighted by atomic mass is 16.5. The van der Waals surface area contributed by atoms with Crippen LogP contribution in [-0.2, 0) is 4.74 Å². The number of esters is 1. The lowest BCUT2D eigenvalue weighted by Gasteiger charge is -2.09. The zero-order valence-electron chi connectivity index (χ0n) is 9.81. The molecule has 0 heterocycles. The van der Waals surface area contributed by atoms with Crippen LogP contribution in [0.3, 0.4) is 0 Å². The van der Waals surface area contributed by atoms with Crippen molar-refractivity contribution < 1.29 is 19.4 Å². The third-order valence-electron chi connectivity index (χ3n) is 2.29. The van der Waals surface area contributed by atoms with Crippen molar-refractivity contribution in [2.45, 2.75) is 12.8 Å². The zero-order valence-corrected chi connectivity index (χ0v) is 9.81. The van der Waals surface area contributed by atoms with Crippen molar-refractivity contribution in [3.63, 3.8) is 0 Å². The number of unbranched alkanes of at least 4 members (excludes halogenated alkanes) is 1. The third kappa shape index (κ3) is 3.64. The molecule has 1 aromatic rings. The van der Waals surface area contributed by atoms with E-state index in [-0.39, 0.29) is 18.9 Å². The number of hydrogen-bond acceptors (Lipinski definition) is 5. The van der Waals surface area contributed by atoms with E-state index < -0.39 is 5.97 Å². The highest BCUT2D eigenvalue weighted by Gasteiger charge is 2.13. The van der Waals surface area contributed by atoms with Gasteiger partial charge >= 0.3 is 5.97 Å². The minimum absolute atomic E-state index is 0.0961. The molecule has 0 aliphatic rings. The first-order valence-corrected chi connectivity index (χ1v) is 5.41. The third-order valence-corrected chi connectivity index (χ3v) is 2.29. The molecule has 0 bridgehead atoms. The number of anilines is 1. The van der Waals surface area contributed by atoms with Crippen LogP contribution in [0.15, 0.2) is 18.2 Å². The molecule has 1 aromatic carbocycles. The molecule has 0 aliphatic carbocycles. The largest absolute Gasteiger partial charge is 0.495 e. The molecule has 0 aromatic heterocycles. The van der Waals surface area contributed by atoms with Gasteiger partial charge in [0.25, 0.3) is 0 Å². The van der Waals surface area contributed by atoms with E-state index >= 15 is 0 Å². The van der Waals surface area contributed by atoms with Crippen LogP contribution in [-0.4, -0.2) is 31.4 Å². The van der Waals surface area contributed by atoms with E-state index in [4.69, 9.17) is 20.3 Å².